The summed E-state index contributed by atoms with van der Waals surface area (Å²) in [4.78, 5) is 13.3. The number of nitrogens with zero attached hydrogens (tertiary/aromatic N) is 1. The maximum absolute atomic E-state index is 10.9. The fourth-order valence-electron chi connectivity index (χ4n) is 2.79. The lowest BCUT2D eigenvalue weighted by Crippen LogP contribution is -2.42. The number of carboxylic acids is 1. The average molecular weight is 197 g/mol. The number of likely N-dealkylation sites (tertiary alicyclic amines) is 1. The minimum Gasteiger partial charge on any atom is -0.481 e. The third kappa shape index (κ3) is 1.54. The number of carbonyl (C=O) groups is 1. The Kier molecular flexibility index (Phi) is 2.30. The van der Waals surface area contributed by atoms with Gasteiger partial charge in [-0.3, -0.25) is 4.79 Å². The van der Waals surface area contributed by atoms with Crippen molar-refractivity contribution >= 4 is 5.97 Å². The highest BCUT2D eigenvalue weighted by atomic mass is 16.4. The molecule has 1 aliphatic carbocycles. The topological polar surface area (TPSA) is 40.5 Å². The lowest BCUT2D eigenvalue weighted by atomic mass is 9.91. The van der Waals surface area contributed by atoms with Gasteiger partial charge in [0.1, 0.15) is 0 Å². The molecule has 3 heteroatoms. The Morgan fingerprint density at radius 1 is 1.57 bits per heavy atom. The van der Waals surface area contributed by atoms with Gasteiger partial charge in [-0.2, -0.15) is 0 Å². The Labute approximate surface area is 85.1 Å². The van der Waals surface area contributed by atoms with Gasteiger partial charge in [0.05, 0.1) is 5.92 Å². The third-order valence-electron chi connectivity index (χ3n) is 3.86. The van der Waals surface area contributed by atoms with E-state index in [9.17, 15) is 4.79 Å². The van der Waals surface area contributed by atoms with Gasteiger partial charge in [-0.1, -0.05) is 0 Å². The zero-order valence-electron chi connectivity index (χ0n) is 8.99. The van der Waals surface area contributed by atoms with Crippen LogP contribution in [0.5, 0.6) is 0 Å². The van der Waals surface area contributed by atoms with Crippen molar-refractivity contribution in [1.82, 2.24) is 4.90 Å². The Hall–Kier alpha value is -0.570. The lowest BCUT2D eigenvalue weighted by molar-refractivity contribution is -0.139. The zero-order chi connectivity index (χ0) is 10.3. The second-order valence-electron chi connectivity index (χ2n) is 5.13. The lowest BCUT2D eigenvalue weighted by Gasteiger charge is -2.36. The van der Waals surface area contributed by atoms with Gasteiger partial charge in [0.2, 0.25) is 0 Å². The van der Waals surface area contributed by atoms with Crippen LogP contribution < -0.4 is 0 Å². The van der Waals surface area contributed by atoms with E-state index in [1.165, 1.54) is 6.42 Å². The first-order valence-electron chi connectivity index (χ1n) is 5.52. The average Bonchev–Trinajstić information content (AvgIpc) is 2.79. The van der Waals surface area contributed by atoms with Crippen LogP contribution >= 0.6 is 0 Å². The molecule has 1 N–H and O–H groups in total. The number of piperidine rings is 1. The van der Waals surface area contributed by atoms with E-state index in [-0.39, 0.29) is 11.3 Å². The van der Waals surface area contributed by atoms with Gasteiger partial charge in [0.25, 0.3) is 0 Å². The molecule has 14 heavy (non-hydrogen) atoms. The van der Waals surface area contributed by atoms with Gasteiger partial charge < -0.3 is 10.0 Å². The molecule has 2 atom stereocenters. The molecular weight excluding hydrogens is 178 g/mol. The Balaban J connectivity index is 1.99. The smallest absolute Gasteiger partial charge is 0.307 e. The summed E-state index contributed by atoms with van der Waals surface area (Å²) in [5.41, 5.74) is 0.147. The van der Waals surface area contributed by atoms with E-state index in [4.69, 9.17) is 5.11 Å². The molecule has 0 bridgehead atoms. The third-order valence-corrected chi connectivity index (χ3v) is 3.86. The van der Waals surface area contributed by atoms with Gasteiger partial charge in [-0.05, 0) is 45.1 Å². The molecule has 2 rings (SSSR count). The maximum atomic E-state index is 10.9. The van der Waals surface area contributed by atoms with Gasteiger partial charge in [-0.25, -0.2) is 0 Å². The quantitative estimate of drug-likeness (QED) is 0.730. The monoisotopic (exact) mass is 197 g/mol. The van der Waals surface area contributed by atoms with E-state index in [1.807, 2.05) is 0 Å². The van der Waals surface area contributed by atoms with Gasteiger partial charge in [0, 0.05) is 12.6 Å². The van der Waals surface area contributed by atoms with E-state index in [0.29, 0.717) is 6.04 Å². The molecule has 1 saturated carbocycles. The maximum Gasteiger partial charge on any atom is 0.307 e. The molecule has 3 nitrogen and oxygen atoms in total. The van der Waals surface area contributed by atoms with Crippen LogP contribution in [0.15, 0.2) is 0 Å². The molecule has 0 aromatic heterocycles. The summed E-state index contributed by atoms with van der Waals surface area (Å²) in [6.07, 6.45) is 3.20. The highest BCUT2D eigenvalue weighted by molar-refractivity contribution is 5.74. The molecule has 1 aliphatic heterocycles. The van der Waals surface area contributed by atoms with Crippen LogP contribution in [0.25, 0.3) is 0 Å². The van der Waals surface area contributed by atoms with Crippen molar-refractivity contribution in [3.63, 3.8) is 0 Å². The van der Waals surface area contributed by atoms with Crippen molar-refractivity contribution < 1.29 is 9.90 Å². The summed E-state index contributed by atoms with van der Waals surface area (Å²) in [6.45, 7) is 6.53. The summed E-state index contributed by atoms with van der Waals surface area (Å²) in [5, 5.41) is 8.98. The van der Waals surface area contributed by atoms with Crippen LogP contribution in [0.1, 0.15) is 33.1 Å². The molecule has 2 unspecified atom stereocenters. The fourth-order valence-corrected chi connectivity index (χ4v) is 2.79. The predicted octanol–water partition coefficient (Wildman–Crippen LogP) is 1.58. The number of hydrogen-bond acceptors (Lipinski definition) is 2. The Morgan fingerprint density at radius 3 is 2.79 bits per heavy atom. The standard InChI is InChI=1S/C11H19NO2/c1-8(2)12-5-3-4-11(7-12)6-9(11)10(13)14/h8-9H,3-7H2,1-2H3,(H,13,14). The highest BCUT2D eigenvalue weighted by Crippen LogP contribution is 2.58. The van der Waals surface area contributed by atoms with Crippen LogP contribution in [-0.2, 0) is 4.79 Å². The number of carboxylic acid groups (broad SMARTS) is 1. The van der Waals surface area contributed by atoms with Gasteiger partial charge in [0.15, 0.2) is 0 Å². The molecular formula is C11H19NO2. The zero-order valence-corrected chi connectivity index (χ0v) is 8.99. The molecule has 0 radical (unpaired) electrons. The summed E-state index contributed by atoms with van der Waals surface area (Å²) >= 11 is 0. The van der Waals surface area contributed by atoms with Crippen molar-refractivity contribution in [2.45, 2.75) is 39.2 Å². The molecule has 1 heterocycles. The van der Waals surface area contributed by atoms with E-state index in [1.54, 1.807) is 0 Å². The Morgan fingerprint density at radius 2 is 2.29 bits per heavy atom. The summed E-state index contributed by atoms with van der Waals surface area (Å²) in [6, 6.07) is 0.558. The largest absolute Gasteiger partial charge is 0.481 e. The van der Waals surface area contributed by atoms with Crippen molar-refractivity contribution in [3.8, 4) is 0 Å². The van der Waals surface area contributed by atoms with Crippen LogP contribution in [0, 0.1) is 11.3 Å². The summed E-state index contributed by atoms with van der Waals surface area (Å²) in [5.74, 6) is -0.639. The number of hydrogen-bond donors (Lipinski definition) is 1. The normalized spacial score (nSPS) is 37.8. The molecule has 2 fully saturated rings. The van der Waals surface area contributed by atoms with Crippen molar-refractivity contribution in [3.05, 3.63) is 0 Å². The van der Waals surface area contributed by atoms with Crippen molar-refractivity contribution in [1.29, 1.82) is 0 Å². The van der Waals surface area contributed by atoms with Crippen molar-refractivity contribution in [2.75, 3.05) is 13.1 Å². The van der Waals surface area contributed by atoms with Crippen molar-refractivity contribution in [2.24, 2.45) is 11.3 Å². The highest BCUT2D eigenvalue weighted by Gasteiger charge is 2.59. The molecule has 0 aromatic rings. The SMILES string of the molecule is CC(C)N1CCCC2(CC2C(=O)O)C1. The van der Waals surface area contributed by atoms with E-state index >= 15 is 0 Å². The fraction of sp³-hybridized carbons (Fsp3) is 0.909. The second kappa shape index (κ2) is 3.23. The molecule has 1 spiro atoms. The predicted molar refractivity (Wildman–Crippen MR) is 54.1 cm³/mol. The molecule has 0 aromatic carbocycles. The molecule has 80 valence electrons. The van der Waals surface area contributed by atoms with Crippen LogP contribution in [0.3, 0.4) is 0 Å². The van der Waals surface area contributed by atoms with Crippen LogP contribution in [0.4, 0.5) is 0 Å². The first-order chi connectivity index (χ1) is 6.55. The molecule has 2 aliphatic rings. The number of aliphatic carboxylic acids is 1. The van der Waals surface area contributed by atoms with E-state index in [0.717, 1.165) is 25.9 Å². The summed E-state index contributed by atoms with van der Waals surface area (Å²) < 4.78 is 0. The van der Waals surface area contributed by atoms with Gasteiger partial charge >= 0.3 is 5.97 Å². The minimum atomic E-state index is -0.587. The number of rotatable bonds is 2. The van der Waals surface area contributed by atoms with Crippen LogP contribution in [-0.4, -0.2) is 35.1 Å². The first-order valence-corrected chi connectivity index (χ1v) is 5.52. The minimum absolute atomic E-state index is 0.0518. The Bertz CT molecular complexity index is 252. The summed E-state index contributed by atoms with van der Waals surface area (Å²) in [7, 11) is 0. The van der Waals surface area contributed by atoms with Gasteiger partial charge in [-0.15, -0.1) is 0 Å². The molecule has 0 amide bonds. The first kappa shape index (κ1) is 9.97. The van der Waals surface area contributed by atoms with Crippen LogP contribution in [0.2, 0.25) is 0 Å². The van der Waals surface area contributed by atoms with E-state index in [2.05, 4.69) is 18.7 Å². The second-order valence-corrected chi connectivity index (χ2v) is 5.13. The molecule has 1 saturated heterocycles. The van der Waals surface area contributed by atoms with E-state index < -0.39 is 5.97 Å².